The lowest BCUT2D eigenvalue weighted by Crippen LogP contribution is -2.34. The Bertz CT molecular complexity index is 956. The lowest BCUT2D eigenvalue weighted by Gasteiger charge is -2.20. The molecule has 2 aromatic rings. The molecule has 3 rings (SSSR count). The third kappa shape index (κ3) is 5.31. The number of hydrogen-bond acceptors (Lipinski definition) is 5. The third-order valence-electron chi connectivity index (χ3n) is 4.80. The van der Waals surface area contributed by atoms with Crippen molar-refractivity contribution in [2.24, 2.45) is 5.10 Å². The van der Waals surface area contributed by atoms with E-state index in [-0.39, 0.29) is 24.0 Å². The molecule has 2 amide bonds. The van der Waals surface area contributed by atoms with Gasteiger partial charge in [0.2, 0.25) is 5.91 Å². The first-order valence-electron chi connectivity index (χ1n) is 10.1. The number of ketones is 1. The van der Waals surface area contributed by atoms with E-state index in [1.165, 1.54) is 6.92 Å². The van der Waals surface area contributed by atoms with Crippen LogP contribution in [0.5, 0.6) is 0 Å². The Morgan fingerprint density at radius 1 is 1.10 bits per heavy atom. The molecule has 0 aliphatic carbocycles. The Labute approximate surface area is 176 Å². The molecule has 0 saturated heterocycles. The van der Waals surface area contributed by atoms with E-state index in [1.54, 1.807) is 5.01 Å². The van der Waals surface area contributed by atoms with E-state index in [4.69, 9.17) is 0 Å². The van der Waals surface area contributed by atoms with Crippen LogP contribution in [0.2, 0.25) is 0 Å². The number of anilines is 2. The summed E-state index contributed by atoms with van der Waals surface area (Å²) in [5.41, 5.74) is 2.66. The monoisotopic (exact) mass is 406 g/mol. The van der Waals surface area contributed by atoms with Gasteiger partial charge in [0.05, 0.1) is 5.69 Å². The number of Topliss-reactive ketones (excluding diaryl/α,β-unsaturated/α-hetero) is 1. The van der Waals surface area contributed by atoms with Crippen LogP contribution in [-0.2, 0) is 20.9 Å². The van der Waals surface area contributed by atoms with Crippen LogP contribution in [0.3, 0.4) is 0 Å². The highest BCUT2D eigenvalue weighted by Gasteiger charge is 2.33. The van der Waals surface area contributed by atoms with Gasteiger partial charge in [0.15, 0.2) is 5.78 Å². The van der Waals surface area contributed by atoms with E-state index in [2.05, 4.69) is 15.7 Å². The molecule has 156 valence electrons. The summed E-state index contributed by atoms with van der Waals surface area (Å²) >= 11 is 0. The van der Waals surface area contributed by atoms with Crippen LogP contribution in [-0.4, -0.2) is 29.4 Å². The highest BCUT2D eigenvalue weighted by molar-refractivity contribution is 6.40. The number of carbonyl (C=O) groups is 3. The molecule has 1 aliphatic rings. The fourth-order valence-corrected chi connectivity index (χ4v) is 3.28. The Morgan fingerprint density at radius 2 is 1.87 bits per heavy atom. The zero-order valence-corrected chi connectivity index (χ0v) is 17.2. The molecule has 7 nitrogen and oxygen atoms in total. The largest absolute Gasteiger partial charge is 0.347 e. The minimum Gasteiger partial charge on any atom is -0.347 e. The van der Waals surface area contributed by atoms with Gasteiger partial charge in [-0.1, -0.05) is 37.3 Å². The van der Waals surface area contributed by atoms with Crippen molar-refractivity contribution in [3.63, 3.8) is 0 Å². The minimum atomic E-state index is -0.481. The van der Waals surface area contributed by atoms with Crippen molar-refractivity contribution in [2.45, 2.75) is 45.7 Å². The molecule has 2 aromatic carbocycles. The highest BCUT2D eigenvalue weighted by Crippen LogP contribution is 2.25. The lowest BCUT2D eigenvalue weighted by molar-refractivity contribution is -0.118. The average molecular weight is 406 g/mol. The van der Waals surface area contributed by atoms with E-state index in [0.29, 0.717) is 24.4 Å². The molecule has 1 unspecified atom stereocenters. The predicted molar refractivity (Wildman–Crippen MR) is 117 cm³/mol. The third-order valence-corrected chi connectivity index (χ3v) is 4.80. The molecule has 1 atom stereocenters. The Morgan fingerprint density at radius 3 is 2.57 bits per heavy atom. The number of hydrogen-bond donors (Lipinski definition) is 2. The van der Waals surface area contributed by atoms with Crippen molar-refractivity contribution in [1.82, 2.24) is 5.32 Å². The van der Waals surface area contributed by atoms with E-state index < -0.39 is 6.04 Å². The summed E-state index contributed by atoms with van der Waals surface area (Å²) in [6.07, 6.45) is 1.52. The van der Waals surface area contributed by atoms with Crippen LogP contribution in [0.15, 0.2) is 59.7 Å². The predicted octanol–water partition coefficient (Wildman–Crippen LogP) is 3.27. The van der Waals surface area contributed by atoms with Crippen LogP contribution in [0.25, 0.3) is 0 Å². The molecule has 0 fully saturated rings. The number of nitrogens with one attached hydrogen (secondary N) is 2. The quantitative estimate of drug-likeness (QED) is 0.704. The SMILES string of the molecule is CCCC(=O)Nc1cccc(CNC(=O)C2=NN(c3ccccc3)C(C(C)=O)C2)c1. The number of amides is 2. The van der Waals surface area contributed by atoms with Gasteiger partial charge >= 0.3 is 0 Å². The summed E-state index contributed by atoms with van der Waals surface area (Å²) in [6.45, 7) is 3.76. The van der Waals surface area contributed by atoms with Gasteiger partial charge in [0.1, 0.15) is 11.8 Å². The number of carbonyl (C=O) groups excluding carboxylic acids is 3. The maximum absolute atomic E-state index is 12.7. The zero-order chi connectivity index (χ0) is 21.5. The summed E-state index contributed by atoms with van der Waals surface area (Å²) in [7, 11) is 0. The summed E-state index contributed by atoms with van der Waals surface area (Å²) in [6, 6.07) is 16.2. The van der Waals surface area contributed by atoms with Gasteiger partial charge in [-0.25, -0.2) is 0 Å². The summed E-state index contributed by atoms with van der Waals surface area (Å²) in [5.74, 6) is -0.378. The number of hydrazone groups is 1. The number of nitrogens with zero attached hydrogens (tertiary/aromatic N) is 2. The van der Waals surface area contributed by atoms with Gasteiger partial charge in [0.25, 0.3) is 5.91 Å². The summed E-state index contributed by atoms with van der Waals surface area (Å²) in [5, 5.41) is 11.7. The van der Waals surface area contributed by atoms with Crippen LogP contribution >= 0.6 is 0 Å². The number of para-hydroxylation sites is 1. The second kappa shape index (κ2) is 9.82. The molecule has 1 heterocycles. The van der Waals surface area contributed by atoms with E-state index in [0.717, 1.165) is 17.7 Å². The smallest absolute Gasteiger partial charge is 0.267 e. The molecule has 30 heavy (non-hydrogen) atoms. The van der Waals surface area contributed by atoms with Crippen LogP contribution in [0.4, 0.5) is 11.4 Å². The van der Waals surface area contributed by atoms with Crippen molar-refractivity contribution < 1.29 is 14.4 Å². The van der Waals surface area contributed by atoms with Crippen molar-refractivity contribution in [3.05, 3.63) is 60.2 Å². The minimum absolute atomic E-state index is 0.0322. The van der Waals surface area contributed by atoms with Gasteiger partial charge in [-0.05, 0) is 43.2 Å². The summed E-state index contributed by atoms with van der Waals surface area (Å²) < 4.78 is 0. The zero-order valence-electron chi connectivity index (χ0n) is 17.2. The lowest BCUT2D eigenvalue weighted by atomic mass is 10.1. The van der Waals surface area contributed by atoms with E-state index >= 15 is 0 Å². The van der Waals surface area contributed by atoms with Crippen LogP contribution in [0, 0.1) is 0 Å². The Balaban J connectivity index is 1.65. The van der Waals surface area contributed by atoms with Gasteiger partial charge in [0, 0.05) is 25.1 Å². The summed E-state index contributed by atoms with van der Waals surface area (Å²) in [4.78, 5) is 36.5. The second-order valence-corrected chi connectivity index (χ2v) is 7.24. The topological polar surface area (TPSA) is 90.9 Å². The number of benzene rings is 2. The maximum atomic E-state index is 12.7. The standard InChI is InChI=1S/C23H26N4O3/c1-3-8-22(29)25-18-10-7-9-17(13-18)15-24-23(30)20-14-21(16(2)28)27(26-20)19-11-5-4-6-12-19/h4-7,9-13,21H,3,8,14-15H2,1-2H3,(H,24,30)(H,25,29). The van der Waals surface area contributed by atoms with Crippen molar-refractivity contribution in [2.75, 3.05) is 10.3 Å². The van der Waals surface area contributed by atoms with Crippen LogP contribution < -0.4 is 15.6 Å². The molecule has 0 bridgehead atoms. The number of rotatable bonds is 8. The van der Waals surface area contributed by atoms with Gasteiger partial charge in [-0.2, -0.15) is 5.10 Å². The molecular weight excluding hydrogens is 380 g/mol. The second-order valence-electron chi connectivity index (χ2n) is 7.24. The van der Waals surface area contributed by atoms with Crippen LogP contribution in [0.1, 0.15) is 38.7 Å². The normalized spacial score (nSPS) is 15.5. The molecule has 1 aliphatic heterocycles. The Kier molecular flexibility index (Phi) is 6.95. The molecule has 0 spiro atoms. The van der Waals surface area contributed by atoms with Gasteiger partial charge in [-0.15, -0.1) is 0 Å². The molecule has 2 N–H and O–H groups in total. The average Bonchev–Trinajstić information content (AvgIpc) is 3.19. The Hall–Kier alpha value is -3.48. The fraction of sp³-hybridized carbons (Fsp3) is 0.304. The van der Waals surface area contributed by atoms with E-state index in [1.807, 2.05) is 61.5 Å². The van der Waals surface area contributed by atoms with Crippen molar-refractivity contribution in [3.8, 4) is 0 Å². The molecule has 0 aromatic heterocycles. The van der Waals surface area contributed by atoms with Crippen molar-refractivity contribution in [1.29, 1.82) is 0 Å². The van der Waals surface area contributed by atoms with Crippen molar-refractivity contribution >= 4 is 34.7 Å². The molecular formula is C23H26N4O3. The van der Waals surface area contributed by atoms with E-state index in [9.17, 15) is 14.4 Å². The highest BCUT2D eigenvalue weighted by atomic mass is 16.2. The first-order valence-corrected chi connectivity index (χ1v) is 10.1. The fourth-order valence-electron chi connectivity index (χ4n) is 3.28. The molecule has 7 heteroatoms. The van der Waals surface area contributed by atoms with Gasteiger partial charge < -0.3 is 10.6 Å². The van der Waals surface area contributed by atoms with Gasteiger partial charge in [-0.3, -0.25) is 19.4 Å². The maximum Gasteiger partial charge on any atom is 0.267 e. The first kappa shape index (κ1) is 21.2. The first-order chi connectivity index (χ1) is 14.5. The molecule has 0 radical (unpaired) electrons. The molecule has 0 saturated carbocycles.